The van der Waals surface area contributed by atoms with Crippen molar-refractivity contribution < 1.29 is 10.0 Å². The van der Waals surface area contributed by atoms with Crippen molar-refractivity contribution in [1.82, 2.24) is 4.90 Å². The molecule has 0 spiro atoms. The zero-order valence-electron chi connectivity index (χ0n) is 12.3. The standard InChI is InChI=1S/C17H18N2O3/c1-18-11-13-4-2-3-5-15(13)16(18)10-17(20)12-6-8-14(9-7-12)19(21)22/h2-9,16-17,20H,10-11H2,1H3/t16-,17-/m1/s1. The average Bonchev–Trinajstić information content (AvgIpc) is 2.83. The third kappa shape index (κ3) is 2.73. The summed E-state index contributed by atoms with van der Waals surface area (Å²) in [6.07, 6.45) is -0.0647. The number of benzene rings is 2. The molecule has 1 N–H and O–H groups in total. The van der Waals surface area contributed by atoms with Gasteiger partial charge in [-0.3, -0.25) is 15.0 Å². The van der Waals surface area contributed by atoms with Crippen LogP contribution in [-0.4, -0.2) is 22.0 Å². The van der Waals surface area contributed by atoms with Crippen molar-refractivity contribution in [1.29, 1.82) is 0 Å². The lowest BCUT2D eigenvalue weighted by molar-refractivity contribution is -0.384. The molecular formula is C17H18N2O3. The molecule has 2 atom stereocenters. The van der Waals surface area contributed by atoms with Crippen molar-refractivity contribution in [3.8, 4) is 0 Å². The van der Waals surface area contributed by atoms with E-state index in [0.29, 0.717) is 12.0 Å². The van der Waals surface area contributed by atoms with Gasteiger partial charge in [0.05, 0.1) is 11.0 Å². The van der Waals surface area contributed by atoms with Crippen LogP contribution < -0.4 is 0 Å². The highest BCUT2D eigenvalue weighted by atomic mass is 16.6. The molecule has 0 unspecified atom stereocenters. The molecule has 0 fully saturated rings. The molecule has 2 aromatic rings. The highest BCUT2D eigenvalue weighted by Crippen LogP contribution is 2.38. The van der Waals surface area contributed by atoms with Crippen LogP contribution in [0.4, 0.5) is 5.69 Å². The molecule has 22 heavy (non-hydrogen) atoms. The van der Waals surface area contributed by atoms with E-state index in [1.807, 2.05) is 19.2 Å². The smallest absolute Gasteiger partial charge is 0.269 e. The number of hydrogen-bond donors (Lipinski definition) is 1. The number of non-ortho nitro benzene ring substituents is 1. The van der Waals surface area contributed by atoms with Crippen LogP contribution in [-0.2, 0) is 6.54 Å². The van der Waals surface area contributed by atoms with Gasteiger partial charge in [0, 0.05) is 24.7 Å². The molecule has 0 radical (unpaired) electrons. The average molecular weight is 298 g/mol. The minimum atomic E-state index is -0.639. The van der Waals surface area contributed by atoms with Gasteiger partial charge in [-0.05, 0) is 42.3 Å². The SMILES string of the molecule is CN1Cc2ccccc2[C@H]1C[C@@H](O)c1ccc([N+](=O)[O-])cc1. The Morgan fingerprint density at radius 3 is 2.64 bits per heavy atom. The Morgan fingerprint density at radius 2 is 1.95 bits per heavy atom. The normalized spacial score (nSPS) is 18.9. The van der Waals surface area contributed by atoms with Gasteiger partial charge in [-0.2, -0.15) is 0 Å². The van der Waals surface area contributed by atoms with E-state index < -0.39 is 11.0 Å². The monoisotopic (exact) mass is 298 g/mol. The first-order valence-electron chi connectivity index (χ1n) is 7.26. The van der Waals surface area contributed by atoms with Crippen molar-refractivity contribution in [3.05, 3.63) is 75.3 Å². The van der Waals surface area contributed by atoms with Gasteiger partial charge in [0.1, 0.15) is 0 Å². The summed E-state index contributed by atoms with van der Waals surface area (Å²) in [6.45, 7) is 0.883. The summed E-state index contributed by atoms with van der Waals surface area (Å²) in [7, 11) is 2.05. The predicted molar refractivity (Wildman–Crippen MR) is 83.3 cm³/mol. The van der Waals surface area contributed by atoms with Gasteiger partial charge in [0.2, 0.25) is 0 Å². The zero-order chi connectivity index (χ0) is 15.7. The van der Waals surface area contributed by atoms with Gasteiger partial charge in [-0.1, -0.05) is 24.3 Å². The predicted octanol–water partition coefficient (Wildman–Crippen LogP) is 3.21. The summed E-state index contributed by atoms with van der Waals surface area (Å²) in [6, 6.07) is 14.6. The Labute approximate surface area is 129 Å². The van der Waals surface area contributed by atoms with Gasteiger partial charge in [-0.15, -0.1) is 0 Å². The lowest BCUT2D eigenvalue weighted by Gasteiger charge is -2.23. The van der Waals surface area contributed by atoms with Crippen LogP contribution in [0.5, 0.6) is 0 Å². The second kappa shape index (κ2) is 5.87. The second-order valence-electron chi connectivity index (χ2n) is 5.73. The van der Waals surface area contributed by atoms with Crippen LogP contribution in [0.2, 0.25) is 0 Å². The van der Waals surface area contributed by atoms with E-state index in [1.54, 1.807) is 12.1 Å². The highest BCUT2D eigenvalue weighted by Gasteiger charge is 2.29. The van der Waals surface area contributed by atoms with E-state index in [-0.39, 0.29) is 11.7 Å². The van der Waals surface area contributed by atoms with Crippen LogP contribution in [0.25, 0.3) is 0 Å². The maximum atomic E-state index is 10.7. The molecule has 0 saturated carbocycles. The summed E-state index contributed by atoms with van der Waals surface area (Å²) in [5.74, 6) is 0. The second-order valence-corrected chi connectivity index (χ2v) is 5.73. The first-order chi connectivity index (χ1) is 10.6. The first-order valence-corrected chi connectivity index (χ1v) is 7.26. The van der Waals surface area contributed by atoms with Gasteiger partial charge >= 0.3 is 0 Å². The van der Waals surface area contributed by atoms with E-state index in [9.17, 15) is 15.2 Å². The van der Waals surface area contributed by atoms with Crippen molar-refractivity contribution >= 4 is 5.69 Å². The third-order valence-corrected chi connectivity index (χ3v) is 4.30. The van der Waals surface area contributed by atoms with E-state index in [4.69, 9.17) is 0 Å². The number of nitro benzene ring substituents is 1. The van der Waals surface area contributed by atoms with Crippen LogP contribution in [0.1, 0.15) is 35.3 Å². The fourth-order valence-corrected chi connectivity index (χ4v) is 3.09. The topological polar surface area (TPSA) is 66.6 Å². The summed E-state index contributed by atoms with van der Waals surface area (Å²) in [4.78, 5) is 12.5. The highest BCUT2D eigenvalue weighted by molar-refractivity contribution is 5.36. The molecule has 5 nitrogen and oxygen atoms in total. The van der Waals surface area contributed by atoms with Gasteiger partial charge in [0.15, 0.2) is 0 Å². The molecular weight excluding hydrogens is 280 g/mol. The van der Waals surface area contributed by atoms with E-state index >= 15 is 0 Å². The number of aliphatic hydroxyl groups excluding tert-OH is 1. The molecule has 0 saturated heterocycles. The third-order valence-electron chi connectivity index (χ3n) is 4.30. The Morgan fingerprint density at radius 1 is 1.27 bits per heavy atom. The number of nitro groups is 1. The molecule has 114 valence electrons. The minimum absolute atomic E-state index is 0.0410. The Balaban J connectivity index is 1.77. The molecule has 3 rings (SSSR count). The van der Waals surface area contributed by atoms with Crippen molar-refractivity contribution in [2.45, 2.75) is 25.1 Å². The lowest BCUT2D eigenvalue weighted by Crippen LogP contribution is -2.19. The quantitative estimate of drug-likeness (QED) is 0.695. The van der Waals surface area contributed by atoms with Crippen molar-refractivity contribution in [3.63, 3.8) is 0 Å². The maximum absolute atomic E-state index is 10.7. The molecule has 1 aliphatic heterocycles. The maximum Gasteiger partial charge on any atom is 0.269 e. The van der Waals surface area contributed by atoms with Crippen LogP contribution in [0.15, 0.2) is 48.5 Å². The Kier molecular flexibility index (Phi) is 3.92. The van der Waals surface area contributed by atoms with Gasteiger partial charge < -0.3 is 5.11 Å². The fraction of sp³-hybridized carbons (Fsp3) is 0.294. The molecule has 1 heterocycles. The number of hydrogen-bond acceptors (Lipinski definition) is 4. The van der Waals surface area contributed by atoms with E-state index in [2.05, 4.69) is 17.0 Å². The number of nitrogens with zero attached hydrogens (tertiary/aromatic N) is 2. The summed E-state index contributed by atoms with van der Waals surface area (Å²) in [5, 5.41) is 21.1. The Bertz CT molecular complexity index is 685. The number of aliphatic hydroxyl groups is 1. The lowest BCUT2D eigenvalue weighted by atomic mass is 9.96. The molecule has 0 aliphatic carbocycles. The van der Waals surface area contributed by atoms with Gasteiger partial charge in [-0.25, -0.2) is 0 Å². The number of rotatable bonds is 4. The van der Waals surface area contributed by atoms with Crippen LogP contribution in [0, 0.1) is 10.1 Å². The van der Waals surface area contributed by atoms with Crippen molar-refractivity contribution in [2.75, 3.05) is 7.05 Å². The zero-order valence-corrected chi connectivity index (χ0v) is 12.3. The molecule has 0 aromatic heterocycles. The van der Waals surface area contributed by atoms with Gasteiger partial charge in [0.25, 0.3) is 5.69 Å². The molecule has 0 bridgehead atoms. The molecule has 0 amide bonds. The molecule has 2 aromatic carbocycles. The largest absolute Gasteiger partial charge is 0.388 e. The summed E-state index contributed by atoms with van der Waals surface area (Å²) < 4.78 is 0. The summed E-state index contributed by atoms with van der Waals surface area (Å²) >= 11 is 0. The molecule has 5 heteroatoms. The van der Waals surface area contributed by atoms with Crippen LogP contribution >= 0.6 is 0 Å². The Hall–Kier alpha value is -2.24. The van der Waals surface area contributed by atoms with Crippen molar-refractivity contribution in [2.24, 2.45) is 0 Å². The fourth-order valence-electron chi connectivity index (χ4n) is 3.09. The number of fused-ring (bicyclic) bond motifs is 1. The molecule has 1 aliphatic rings. The van der Waals surface area contributed by atoms with Crippen LogP contribution in [0.3, 0.4) is 0 Å². The summed E-state index contributed by atoms with van der Waals surface area (Å²) in [5.41, 5.74) is 3.31. The first kappa shape index (κ1) is 14.7. The van der Waals surface area contributed by atoms with E-state index in [1.165, 1.54) is 23.3 Å². The van der Waals surface area contributed by atoms with E-state index in [0.717, 1.165) is 6.54 Å². The minimum Gasteiger partial charge on any atom is -0.388 e.